The summed E-state index contributed by atoms with van der Waals surface area (Å²) in [7, 11) is 3.94. The third-order valence-corrected chi connectivity index (χ3v) is 4.04. The average Bonchev–Trinajstić information content (AvgIpc) is 2.36. The van der Waals surface area contributed by atoms with E-state index in [0.29, 0.717) is 6.04 Å². The van der Waals surface area contributed by atoms with Crippen molar-refractivity contribution in [1.29, 1.82) is 0 Å². The number of nitrogens with two attached hydrogens (primary N) is 1. The summed E-state index contributed by atoms with van der Waals surface area (Å²) < 4.78 is 5.32. The highest BCUT2D eigenvalue weighted by Crippen LogP contribution is 2.34. The minimum Gasteiger partial charge on any atom is -0.497 e. The van der Waals surface area contributed by atoms with Gasteiger partial charge in [-0.1, -0.05) is 6.07 Å². The van der Waals surface area contributed by atoms with Gasteiger partial charge in [-0.2, -0.15) is 0 Å². The van der Waals surface area contributed by atoms with Crippen LogP contribution in [0.2, 0.25) is 0 Å². The molecule has 106 valence electrons. The van der Waals surface area contributed by atoms with Gasteiger partial charge >= 0.3 is 0 Å². The van der Waals surface area contributed by atoms with Gasteiger partial charge in [-0.15, -0.1) is 0 Å². The smallest absolute Gasteiger partial charge is 0.119 e. The zero-order valence-corrected chi connectivity index (χ0v) is 12.6. The number of nitrogens with zero attached hydrogens (tertiary/aromatic N) is 1. The molecule has 1 aliphatic rings. The highest BCUT2D eigenvalue weighted by molar-refractivity contribution is 5.39. The zero-order chi connectivity index (χ0) is 14.0. The van der Waals surface area contributed by atoms with E-state index in [9.17, 15) is 0 Å². The van der Waals surface area contributed by atoms with Crippen LogP contribution in [-0.2, 0) is 6.42 Å². The summed E-state index contributed by atoms with van der Waals surface area (Å²) in [4.78, 5) is 2.44. The summed E-state index contributed by atoms with van der Waals surface area (Å²) in [6, 6.07) is 6.96. The summed E-state index contributed by atoms with van der Waals surface area (Å²) in [5.41, 5.74) is 8.90. The van der Waals surface area contributed by atoms with Gasteiger partial charge in [0.2, 0.25) is 0 Å². The predicted octanol–water partition coefficient (Wildman–Crippen LogP) is 2.74. The van der Waals surface area contributed by atoms with Crippen LogP contribution >= 0.6 is 0 Å². The Morgan fingerprint density at radius 1 is 1.42 bits per heavy atom. The molecular formula is C16H26N2O. The van der Waals surface area contributed by atoms with E-state index in [2.05, 4.69) is 44.0 Å². The van der Waals surface area contributed by atoms with Crippen LogP contribution in [0.15, 0.2) is 18.2 Å². The Morgan fingerprint density at radius 2 is 2.16 bits per heavy atom. The SMILES string of the molecule is COc1ccc2c(c1)CCN(C)C2CCC(C)(C)N. The number of hydrogen-bond donors (Lipinski definition) is 1. The average molecular weight is 262 g/mol. The van der Waals surface area contributed by atoms with Crippen molar-refractivity contribution >= 4 is 0 Å². The molecule has 0 fully saturated rings. The van der Waals surface area contributed by atoms with Crippen molar-refractivity contribution in [3.05, 3.63) is 29.3 Å². The Hall–Kier alpha value is -1.06. The fraction of sp³-hybridized carbons (Fsp3) is 0.625. The van der Waals surface area contributed by atoms with Crippen LogP contribution < -0.4 is 10.5 Å². The fourth-order valence-electron chi connectivity index (χ4n) is 2.83. The topological polar surface area (TPSA) is 38.5 Å². The van der Waals surface area contributed by atoms with Crippen LogP contribution in [0.1, 0.15) is 43.9 Å². The third kappa shape index (κ3) is 3.48. The molecule has 0 bridgehead atoms. The lowest BCUT2D eigenvalue weighted by Crippen LogP contribution is -2.36. The minimum atomic E-state index is -0.0923. The monoisotopic (exact) mass is 262 g/mol. The number of fused-ring (bicyclic) bond motifs is 1. The molecule has 1 heterocycles. The first kappa shape index (κ1) is 14.4. The number of likely N-dealkylation sites (N-methyl/N-ethyl adjacent to an activating group) is 1. The van der Waals surface area contributed by atoms with Crippen molar-refractivity contribution in [1.82, 2.24) is 4.90 Å². The second-order valence-corrected chi connectivity index (χ2v) is 6.34. The number of methoxy groups -OCH3 is 1. The van der Waals surface area contributed by atoms with E-state index in [4.69, 9.17) is 10.5 Å². The molecule has 1 atom stereocenters. The summed E-state index contributed by atoms with van der Waals surface area (Å²) >= 11 is 0. The number of hydrogen-bond acceptors (Lipinski definition) is 3. The number of ether oxygens (including phenoxy) is 1. The first-order valence-corrected chi connectivity index (χ1v) is 7.06. The van der Waals surface area contributed by atoms with E-state index in [-0.39, 0.29) is 5.54 Å². The van der Waals surface area contributed by atoms with Crippen LogP contribution in [0, 0.1) is 0 Å². The quantitative estimate of drug-likeness (QED) is 0.906. The molecule has 0 spiro atoms. The molecule has 1 aromatic rings. The normalized spacial score (nSPS) is 20.2. The summed E-state index contributed by atoms with van der Waals surface area (Å²) in [5, 5.41) is 0. The Labute approximate surface area is 116 Å². The van der Waals surface area contributed by atoms with Gasteiger partial charge in [0.25, 0.3) is 0 Å². The first-order chi connectivity index (χ1) is 8.90. The van der Waals surface area contributed by atoms with Gasteiger partial charge in [-0.3, -0.25) is 4.90 Å². The van der Waals surface area contributed by atoms with Gasteiger partial charge in [-0.25, -0.2) is 0 Å². The highest BCUT2D eigenvalue weighted by atomic mass is 16.5. The maximum atomic E-state index is 6.13. The second-order valence-electron chi connectivity index (χ2n) is 6.34. The maximum absolute atomic E-state index is 6.13. The lowest BCUT2D eigenvalue weighted by molar-refractivity contribution is 0.206. The Bertz CT molecular complexity index is 437. The van der Waals surface area contributed by atoms with Crippen LogP contribution in [0.4, 0.5) is 0 Å². The van der Waals surface area contributed by atoms with E-state index in [0.717, 1.165) is 31.6 Å². The Balaban J connectivity index is 2.20. The molecule has 0 saturated heterocycles. The van der Waals surface area contributed by atoms with E-state index in [1.54, 1.807) is 7.11 Å². The summed E-state index contributed by atoms with van der Waals surface area (Å²) in [5.74, 6) is 0.959. The molecule has 1 aliphatic heterocycles. The molecule has 2 N–H and O–H groups in total. The molecular weight excluding hydrogens is 236 g/mol. The molecule has 1 aromatic carbocycles. The lowest BCUT2D eigenvalue weighted by atomic mass is 9.87. The van der Waals surface area contributed by atoms with Gasteiger partial charge < -0.3 is 10.5 Å². The molecule has 0 aliphatic carbocycles. The zero-order valence-electron chi connectivity index (χ0n) is 12.6. The fourth-order valence-corrected chi connectivity index (χ4v) is 2.83. The third-order valence-electron chi connectivity index (χ3n) is 4.04. The van der Waals surface area contributed by atoms with Crippen LogP contribution in [0.25, 0.3) is 0 Å². The largest absolute Gasteiger partial charge is 0.497 e. The van der Waals surface area contributed by atoms with Crippen molar-refractivity contribution in [2.24, 2.45) is 5.73 Å². The molecule has 3 heteroatoms. The standard InChI is InChI=1S/C16H26N2O/c1-16(2,17)9-7-15-14-6-5-13(19-4)11-12(14)8-10-18(15)3/h5-6,11,15H,7-10,17H2,1-4H3. The van der Waals surface area contributed by atoms with Crippen molar-refractivity contribution in [2.75, 3.05) is 20.7 Å². The van der Waals surface area contributed by atoms with Crippen LogP contribution in [0.3, 0.4) is 0 Å². The van der Waals surface area contributed by atoms with Gasteiger partial charge in [0.15, 0.2) is 0 Å². The molecule has 3 nitrogen and oxygen atoms in total. The molecule has 0 aromatic heterocycles. The predicted molar refractivity (Wildman–Crippen MR) is 79.6 cm³/mol. The van der Waals surface area contributed by atoms with Gasteiger partial charge in [-0.05, 0) is 63.4 Å². The first-order valence-electron chi connectivity index (χ1n) is 7.06. The minimum absolute atomic E-state index is 0.0923. The van der Waals surface area contributed by atoms with Gasteiger partial charge in [0, 0.05) is 18.1 Å². The second kappa shape index (κ2) is 5.51. The lowest BCUT2D eigenvalue weighted by Gasteiger charge is -2.36. The van der Waals surface area contributed by atoms with Crippen molar-refractivity contribution < 1.29 is 4.74 Å². The van der Waals surface area contributed by atoms with Crippen molar-refractivity contribution in [3.8, 4) is 5.75 Å². The number of rotatable bonds is 4. The van der Waals surface area contributed by atoms with E-state index in [1.807, 2.05) is 0 Å². The van der Waals surface area contributed by atoms with Gasteiger partial charge in [0.1, 0.15) is 5.75 Å². The van der Waals surface area contributed by atoms with Gasteiger partial charge in [0.05, 0.1) is 7.11 Å². The summed E-state index contributed by atoms with van der Waals surface area (Å²) in [6.45, 7) is 5.31. The molecule has 1 unspecified atom stereocenters. The van der Waals surface area contributed by atoms with E-state index in [1.165, 1.54) is 11.1 Å². The van der Waals surface area contributed by atoms with Crippen molar-refractivity contribution in [3.63, 3.8) is 0 Å². The van der Waals surface area contributed by atoms with E-state index >= 15 is 0 Å². The Morgan fingerprint density at radius 3 is 2.79 bits per heavy atom. The molecule has 0 saturated carbocycles. The number of benzene rings is 1. The molecule has 2 rings (SSSR count). The van der Waals surface area contributed by atoms with E-state index < -0.39 is 0 Å². The Kier molecular flexibility index (Phi) is 4.16. The summed E-state index contributed by atoms with van der Waals surface area (Å²) in [6.07, 6.45) is 3.25. The van der Waals surface area contributed by atoms with Crippen LogP contribution in [-0.4, -0.2) is 31.1 Å². The molecule has 19 heavy (non-hydrogen) atoms. The molecule has 0 radical (unpaired) electrons. The highest BCUT2D eigenvalue weighted by Gasteiger charge is 2.26. The van der Waals surface area contributed by atoms with Crippen molar-refractivity contribution in [2.45, 2.75) is 44.7 Å². The molecule has 0 amide bonds. The van der Waals surface area contributed by atoms with Crippen LogP contribution in [0.5, 0.6) is 5.75 Å². The maximum Gasteiger partial charge on any atom is 0.119 e.